The summed E-state index contributed by atoms with van der Waals surface area (Å²) in [6, 6.07) is 24.6. The fraction of sp³-hybridized carbons (Fsp3) is 0.182. The van der Waals surface area contributed by atoms with E-state index in [2.05, 4.69) is 37.3 Å². The van der Waals surface area contributed by atoms with Crippen molar-refractivity contribution >= 4 is 19.2 Å². The Morgan fingerprint density at radius 3 is 2.40 bits per heavy atom. The summed E-state index contributed by atoms with van der Waals surface area (Å²) >= 11 is 0. The zero-order valence-electron chi connectivity index (χ0n) is 14.6. The molecule has 3 aromatic rings. The van der Waals surface area contributed by atoms with E-state index >= 15 is 0 Å². The number of hydrogen-bond acceptors (Lipinski definition) is 2. The van der Waals surface area contributed by atoms with Crippen molar-refractivity contribution in [2.75, 3.05) is 0 Å². The van der Waals surface area contributed by atoms with Crippen molar-refractivity contribution in [1.82, 2.24) is 0 Å². The Morgan fingerprint density at radius 1 is 0.920 bits per heavy atom. The Balaban J connectivity index is 1.85. The molecule has 0 amide bonds. The van der Waals surface area contributed by atoms with Gasteiger partial charge in [-0.25, -0.2) is 0 Å². The summed E-state index contributed by atoms with van der Waals surface area (Å²) in [7, 11) is 0.446. The lowest BCUT2D eigenvalue weighted by Gasteiger charge is -2.16. The van der Waals surface area contributed by atoms with Crippen LogP contribution in [-0.4, -0.2) is 5.11 Å². The van der Waals surface area contributed by atoms with E-state index in [1.165, 1.54) is 10.9 Å². The van der Waals surface area contributed by atoms with Gasteiger partial charge in [0.1, 0.15) is 12.4 Å². The number of aliphatic hydroxyl groups excluding tert-OH is 1. The number of aryl methyl sites for hydroxylation is 1. The summed E-state index contributed by atoms with van der Waals surface area (Å²) in [5.41, 5.74) is 3.35. The standard InChI is InChI=1S/C22H23O2P/c1-16-12-13-20(24-15-18-8-4-3-5-9-18)22(14-16)25-21-11-7-6-10-19(21)17(2)23/h3-14,17,23,25H,15H2,1-2H3. The maximum absolute atomic E-state index is 10.0. The van der Waals surface area contributed by atoms with Gasteiger partial charge in [0, 0.05) is 5.30 Å². The van der Waals surface area contributed by atoms with Crippen LogP contribution in [0.15, 0.2) is 72.8 Å². The average molecular weight is 350 g/mol. The lowest BCUT2D eigenvalue weighted by Crippen LogP contribution is -2.13. The highest BCUT2D eigenvalue weighted by Crippen LogP contribution is 2.24. The van der Waals surface area contributed by atoms with Crippen LogP contribution < -0.4 is 15.3 Å². The van der Waals surface area contributed by atoms with E-state index in [9.17, 15) is 5.11 Å². The highest BCUT2D eigenvalue weighted by atomic mass is 31.1. The van der Waals surface area contributed by atoms with E-state index in [1.807, 2.05) is 49.4 Å². The Kier molecular flexibility index (Phi) is 5.86. The van der Waals surface area contributed by atoms with Gasteiger partial charge in [0.05, 0.1) is 6.10 Å². The normalized spacial score (nSPS) is 12.4. The van der Waals surface area contributed by atoms with E-state index in [0.29, 0.717) is 15.2 Å². The van der Waals surface area contributed by atoms with Gasteiger partial charge in [-0.05, 0) is 42.4 Å². The first-order valence-corrected chi connectivity index (χ1v) is 9.45. The van der Waals surface area contributed by atoms with Crippen LogP contribution in [0, 0.1) is 6.92 Å². The highest BCUT2D eigenvalue weighted by molar-refractivity contribution is 7.55. The molecule has 128 valence electrons. The third-order valence-electron chi connectivity index (χ3n) is 4.05. The minimum atomic E-state index is -0.470. The second kappa shape index (κ2) is 8.29. The predicted octanol–water partition coefficient (Wildman–Crippen LogP) is 4.26. The number of rotatable bonds is 6. The molecule has 0 radical (unpaired) electrons. The minimum absolute atomic E-state index is 0.446. The topological polar surface area (TPSA) is 29.5 Å². The molecule has 0 aliphatic carbocycles. The maximum atomic E-state index is 10.0. The van der Waals surface area contributed by atoms with Crippen molar-refractivity contribution in [2.24, 2.45) is 0 Å². The van der Waals surface area contributed by atoms with Crippen molar-refractivity contribution in [3.63, 3.8) is 0 Å². The summed E-state index contributed by atoms with van der Waals surface area (Å²) in [6.45, 7) is 4.46. The van der Waals surface area contributed by atoms with Gasteiger partial charge in [-0.2, -0.15) is 0 Å². The summed E-state index contributed by atoms with van der Waals surface area (Å²) < 4.78 is 6.10. The van der Waals surface area contributed by atoms with E-state index in [0.717, 1.165) is 22.2 Å². The van der Waals surface area contributed by atoms with E-state index in [-0.39, 0.29) is 0 Å². The zero-order valence-corrected chi connectivity index (χ0v) is 15.6. The molecule has 0 fully saturated rings. The van der Waals surface area contributed by atoms with Crippen LogP contribution in [0.2, 0.25) is 0 Å². The first kappa shape index (κ1) is 17.7. The van der Waals surface area contributed by atoms with Gasteiger partial charge in [-0.1, -0.05) is 74.8 Å². The lowest BCUT2D eigenvalue weighted by atomic mass is 10.1. The number of ether oxygens (including phenoxy) is 1. The van der Waals surface area contributed by atoms with Gasteiger partial charge in [-0.3, -0.25) is 0 Å². The molecule has 25 heavy (non-hydrogen) atoms. The third-order valence-corrected chi connectivity index (χ3v) is 5.44. The molecular weight excluding hydrogens is 327 g/mol. The molecule has 0 spiro atoms. The number of aliphatic hydroxyl groups is 1. The fourth-order valence-electron chi connectivity index (χ4n) is 2.72. The molecule has 3 rings (SSSR count). The summed E-state index contributed by atoms with van der Waals surface area (Å²) in [6.07, 6.45) is -0.470. The molecule has 2 atom stereocenters. The van der Waals surface area contributed by atoms with Gasteiger partial charge < -0.3 is 9.84 Å². The smallest absolute Gasteiger partial charge is 0.127 e. The summed E-state index contributed by atoms with van der Waals surface area (Å²) in [5, 5.41) is 12.4. The van der Waals surface area contributed by atoms with Gasteiger partial charge in [0.2, 0.25) is 0 Å². The first-order chi connectivity index (χ1) is 12.1. The van der Waals surface area contributed by atoms with Gasteiger partial charge in [-0.15, -0.1) is 0 Å². The molecule has 0 aliphatic rings. The average Bonchev–Trinajstić information content (AvgIpc) is 2.62. The van der Waals surface area contributed by atoms with Crippen LogP contribution in [0.3, 0.4) is 0 Å². The zero-order chi connectivity index (χ0) is 17.6. The predicted molar refractivity (Wildman–Crippen MR) is 107 cm³/mol. The van der Waals surface area contributed by atoms with Crippen molar-refractivity contribution in [3.8, 4) is 5.75 Å². The van der Waals surface area contributed by atoms with Gasteiger partial charge in [0.25, 0.3) is 0 Å². The molecular formula is C22H23O2P. The monoisotopic (exact) mass is 350 g/mol. The largest absolute Gasteiger partial charge is 0.488 e. The van der Waals surface area contributed by atoms with E-state index in [1.54, 1.807) is 0 Å². The Labute approximate surface area is 151 Å². The van der Waals surface area contributed by atoms with Gasteiger partial charge >= 0.3 is 0 Å². The van der Waals surface area contributed by atoms with Crippen LogP contribution >= 0.6 is 8.58 Å². The van der Waals surface area contributed by atoms with E-state index < -0.39 is 6.10 Å². The molecule has 2 unspecified atom stereocenters. The molecule has 0 aliphatic heterocycles. The molecule has 1 N–H and O–H groups in total. The molecule has 0 heterocycles. The van der Waals surface area contributed by atoms with Crippen LogP contribution in [-0.2, 0) is 6.61 Å². The Hall–Kier alpha value is -2.15. The van der Waals surface area contributed by atoms with Crippen molar-refractivity contribution in [1.29, 1.82) is 0 Å². The molecule has 3 aromatic carbocycles. The second-order valence-corrected chi connectivity index (χ2v) is 7.49. The molecule has 0 aromatic heterocycles. The summed E-state index contributed by atoms with van der Waals surface area (Å²) in [4.78, 5) is 0. The molecule has 0 saturated heterocycles. The van der Waals surface area contributed by atoms with Crippen LogP contribution in [0.25, 0.3) is 0 Å². The Bertz CT molecular complexity index is 828. The quantitative estimate of drug-likeness (QED) is 0.673. The van der Waals surface area contributed by atoms with Crippen molar-refractivity contribution < 1.29 is 9.84 Å². The first-order valence-electron chi connectivity index (χ1n) is 8.45. The third kappa shape index (κ3) is 4.69. The molecule has 2 nitrogen and oxygen atoms in total. The fourth-order valence-corrected chi connectivity index (χ4v) is 4.21. The number of hydrogen-bond donors (Lipinski definition) is 1. The van der Waals surface area contributed by atoms with E-state index in [4.69, 9.17) is 4.74 Å². The van der Waals surface area contributed by atoms with Crippen LogP contribution in [0.5, 0.6) is 5.75 Å². The minimum Gasteiger partial charge on any atom is -0.488 e. The lowest BCUT2D eigenvalue weighted by molar-refractivity contribution is 0.200. The molecule has 0 bridgehead atoms. The van der Waals surface area contributed by atoms with Gasteiger partial charge in [0.15, 0.2) is 0 Å². The number of benzene rings is 3. The van der Waals surface area contributed by atoms with Crippen LogP contribution in [0.4, 0.5) is 0 Å². The van der Waals surface area contributed by atoms with Crippen molar-refractivity contribution in [3.05, 3.63) is 89.5 Å². The second-order valence-electron chi connectivity index (χ2n) is 6.16. The van der Waals surface area contributed by atoms with Crippen molar-refractivity contribution in [2.45, 2.75) is 26.6 Å². The molecule has 3 heteroatoms. The SMILES string of the molecule is Cc1ccc(OCc2ccccc2)c(Pc2ccccc2C(C)O)c1. The molecule has 0 saturated carbocycles. The maximum Gasteiger partial charge on any atom is 0.127 e. The summed E-state index contributed by atoms with van der Waals surface area (Å²) in [5.74, 6) is 0.910. The van der Waals surface area contributed by atoms with Crippen LogP contribution in [0.1, 0.15) is 29.7 Å². The Morgan fingerprint density at radius 2 is 1.64 bits per heavy atom. The highest BCUT2D eigenvalue weighted by Gasteiger charge is 2.11.